The second-order valence-corrected chi connectivity index (χ2v) is 6.14. The summed E-state index contributed by atoms with van der Waals surface area (Å²) in [5, 5.41) is 3.33. The van der Waals surface area contributed by atoms with E-state index >= 15 is 0 Å². The van der Waals surface area contributed by atoms with E-state index in [1.54, 1.807) is 37.3 Å². The molecule has 0 saturated heterocycles. The lowest BCUT2D eigenvalue weighted by atomic mass is 9.98. The van der Waals surface area contributed by atoms with Crippen molar-refractivity contribution in [2.24, 2.45) is 5.73 Å². The maximum atomic E-state index is 12.7. The van der Waals surface area contributed by atoms with Gasteiger partial charge < -0.3 is 11.1 Å². The van der Waals surface area contributed by atoms with Crippen molar-refractivity contribution in [1.82, 2.24) is 0 Å². The van der Waals surface area contributed by atoms with Crippen LogP contribution in [0.5, 0.6) is 0 Å². The molecule has 1 amide bonds. The lowest BCUT2D eigenvalue weighted by molar-refractivity contribution is 0.0999. The summed E-state index contributed by atoms with van der Waals surface area (Å²) in [6.45, 7) is 2.51. The third-order valence-corrected chi connectivity index (χ3v) is 4.25. The summed E-state index contributed by atoms with van der Waals surface area (Å²) in [5.41, 5.74) is 9.64. The number of anilines is 1. The standard InChI is InChI=1S/C22H20N2O2/c1-15-7-8-18(13-20(15)22(23)26)21(25)17-9-11-19(12-10-17)24-14-16-5-3-2-4-6-16/h2-13,24H,14H2,1H3,(H2,23,26). The summed E-state index contributed by atoms with van der Waals surface area (Å²) in [6.07, 6.45) is 0. The van der Waals surface area contributed by atoms with Crippen molar-refractivity contribution >= 4 is 17.4 Å². The summed E-state index contributed by atoms with van der Waals surface area (Å²) in [7, 11) is 0. The van der Waals surface area contributed by atoms with Gasteiger partial charge in [-0.05, 0) is 48.4 Å². The molecule has 0 spiro atoms. The average Bonchev–Trinajstić information content (AvgIpc) is 2.67. The molecule has 0 fully saturated rings. The number of benzene rings is 3. The molecule has 0 heterocycles. The number of hydrogen-bond acceptors (Lipinski definition) is 3. The summed E-state index contributed by atoms with van der Waals surface area (Å²) < 4.78 is 0. The van der Waals surface area contributed by atoms with Crippen LogP contribution in [0.15, 0.2) is 72.8 Å². The zero-order valence-electron chi connectivity index (χ0n) is 14.5. The highest BCUT2D eigenvalue weighted by atomic mass is 16.1. The van der Waals surface area contributed by atoms with Gasteiger partial charge in [0.2, 0.25) is 5.91 Å². The number of primary amides is 1. The zero-order valence-corrected chi connectivity index (χ0v) is 14.5. The van der Waals surface area contributed by atoms with Crippen LogP contribution in [0.3, 0.4) is 0 Å². The highest BCUT2D eigenvalue weighted by Gasteiger charge is 2.13. The van der Waals surface area contributed by atoms with Gasteiger partial charge in [-0.1, -0.05) is 42.5 Å². The van der Waals surface area contributed by atoms with Crippen LogP contribution < -0.4 is 11.1 Å². The molecule has 4 nitrogen and oxygen atoms in total. The molecule has 4 heteroatoms. The Bertz CT molecular complexity index is 932. The van der Waals surface area contributed by atoms with Crippen LogP contribution in [0.1, 0.15) is 37.4 Å². The highest BCUT2D eigenvalue weighted by Crippen LogP contribution is 2.17. The molecule has 3 aromatic carbocycles. The molecular weight excluding hydrogens is 324 g/mol. The summed E-state index contributed by atoms with van der Waals surface area (Å²) in [5.74, 6) is -0.667. The number of ketones is 1. The molecule has 3 N–H and O–H groups in total. The first-order valence-corrected chi connectivity index (χ1v) is 8.37. The van der Waals surface area contributed by atoms with Gasteiger partial charge in [0.25, 0.3) is 0 Å². The Balaban J connectivity index is 1.73. The fraction of sp³-hybridized carbons (Fsp3) is 0.0909. The van der Waals surface area contributed by atoms with Crippen LogP contribution in [0.4, 0.5) is 5.69 Å². The predicted octanol–water partition coefficient (Wildman–Crippen LogP) is 3.94. The van der Waals surface area contributed by atoms with E-state index in [4.69, 9.17) is 5.73 Å². The molecular formula is C22H20N2O2. The van der Waals surface area contributed by atoms with Crippen LogP contribution >= 0.6 is 0 Å². The molecule has 0 atom stereocenters. The zero-order chi connectivity index (χ0) is 18.5. The Morgan fingerprint density at radius 3 is 2.19 bits per heavy atom. The minimum atomic E-state index is -0.530. The van der Waals surface area contributed by atoms with E-state index in [1.165, 1.54) is 5.56 Å². The molecule has 3 aromatic rings. The molecule has 130 valence electrons. The van der Waals surface area contributed by atoms with Crippen molar-refractivity contribution in [3.05, 3.63) is 101 Å². The van der Waals surface area contributed by atoms with Gasteiger partial charge in [0, 0.05) is 28.9 Å². The van der Waals surface area contributed by atoms with Gasteiger partial charge in [-0.3, -0.25) is 9.59 Å². The summed E-state index contributed by atoms with van der Waals surface area (Å²) >= 11 is 0. The van der Waals surface area contributed by atoms with Gasteiger partial charge in [-0.15, -0.1) is 0 Å². The van der Waals surface area contributed by atoms with Crippen molar-refractivity contribution < 1.29 is 9.59 Å². The Kier molecular flexibility index (Phi) is 5.13. The minimum Gasteiger partial charge on any atom is -0.381 e. The minimum absolute atomic E-state index is 0.137. The lowest BCUT2D eigenvalue weighted by Crippen LogP contribution is -2.14. The number of aryl methyl sites for hydroxylation is 1. The van der Waals surface area contributed by atoms with Crippen molar-refractivity contribution in [3.8, 4) is 0 Å². The van der Waals surface area contributed by atoms with E-state index in [0.29, 0.717) is 23.2 Å². The van der Waals surface area contributed by atoms with Gasteiger partial charge >= 0.3 is 0 Å². The maximum absolute atomic E-state index is 12.7. The number of carbonyl (C=O) groups excluding carboxylic acids is 2. The molecule has 0 aliphatic heterocycles. The molecule has 0 bridgehead atoms. The number of rotatable bonds is 6. The second kappa shape index (κ2) is 7.66. The van der Waals surface area contributed by atoms with Crippen molar-refractivity contribution in [2.75, 3.05) is 5.32 Å². The monoisotopic (exact) mass is 344 g/mol. The smallest absolute Gasteiger partial charge is 0.248 e. The van der Waals surface area contributed by atoms with Gasteiger partial charge in [0.05, 0.1) is 0 Å². The third-order valence-electron chi connectivity index (χ3n) is 4.25. The van der Waals surface area contributed by atoms with Gasteiger partial charge in [0.1, 0.15) is 0 Å². The topological polar surface area (TPSA) is 72.2 Å². The van der Waals surface area contributed by atoms with Crippen LogP contribution in [0, 0.1) is 6.92 Å². The van der Waals surface area contributed by atoms with Gasteiger partial charge in [0.15, 0.2) is 5.78 Å². The van der Waals surface area contributed by atoms with Crippen molar-refractivity contribution in [3.63, 3.8) is 0 Å². The predicted molar refractivity (Wildman–Crippen MR) is 103 cm³/mol. The molecule has 0 unspecified atom stereocenters. The molecule has 0 aliphatic carbocycles. The fourth-order valence-electron chi connectivity index (χ4n) is 2.73. The average molecular weight is 344 g/mol. The van der Waals surface area contributed by atoms with Crippen LogP contribution in [-0.4, -0.2) is 11.7 Å². The number of nitrogens with one attached hydrogen (secondary N) is 1. The van der Waals surface area contributed by atoms with E-state index in [9.17, 15) is 9.59 Å². The Morgan fingerprint density at radius 2 is 1.54 bits per heavy atom. The largest absolute Gasteiger partial charge is 0.381 e. The first kappa shape index (κ1) is 17.4. The lowest BCUT2D eigenvalue weighted by Gasteiger charge is -2.08. The number of nitrogens with two attached hydrogens (primary N) is 1. The first-order chi connectivity index (χ1) is 12.5. The van der Waals surface area contributed by atoms with Crippen LogP contribution in [-0.2, 0) is 6.54 Å². The molecule has 0 aliphatic rings. The molecule has 26 heavy (non-hydrogen) atoms. The van der Waals surface area contributed by atoms with Gasteiger partial charge in [-0.25, -0.2) is 0 Å². The number of carbonyl (C=O) groups is 2. The SMILES string of the molecule is Cc1ccc(C(=O)c2ccc(NCc3ccccc3)cc2)cc1C(N)=O. The van der Waals surface area contributed by atoms with E-state index in [-0.39, 0.29) is 5.78 Å². The van der Waals surface area contributed by atoms with Gasteiger partial charge in [-0.2, -0.15) is 0 Å². The van der Waals surface area contributed by atoms with Crippen molar-refractivity contribution in [1.29, 1.82) is 0 Å². The second-order valence-electron chi connectivity index (χ2n) is 6.14. The van der Waals surface area contributed by atoms with Crippen molar-refractivity contribution in [2.45, 2.75) is 13.5 Å². The summed E-state index contributed by atoms with van der Waals surface area (Å²) in [4.78, 5) is 24.1. The summed E-state index contributed by atoms with van der Waals surface area (Å²) in [6, 6.07) is 22.4. The number of hydrogen-bond donors (Lipinski definition) is 2. The molecule has 0 saturated carbocycles. The quantitative estimate of drug-likeness (QED) is 0.665. The fourth-order valence-corrected chi connectivity index (χ4v) is 2.73. The van der Waals surface area contributed by atoms with Crippen LogP contribution in [0.2, 0.25) is 0 Å². The Hall–Kier alpha value is -3.40. The third kappa shape index (κ3) is 3.98. The Morgan fingerprint density at radius 1 is 0.885 bits per heavy atom. The van der Waals surface area contributed by atoms with E-state index in [0.717, 1.165) is 11.3 Å². The first-order valence-electron chi connectivity index (χ1n) is 8.37. The maximum Gasteiger partial charge on any atom is 0.248 e. The van der Waals surface area contributed by atoms with E-state index < -0.39 is 5.91 Å². The molecule has 0 aromatic heterocycles. The normalized spacial score (nSPS) is 10.3. The van der Waals surface area contributed by atoms with E-state index in [2.05, 4.69) is 17.4 Å². The van der Waals surface area contributed by atoms with E-state index in [1.807, 2.05) is 30.3 Å². The van der Waals surface area contributed by atoms with Crippen LogP contribution in [0.25, 0.3) is 0 Å². The molecule has 0 radical (unpaired) electrons. The molecule has 3 rings (SSSR count). The number of amides is 1. The highest BCUT2D eigenvalue weighted by molar-refractivity contribution is 6.10. The Labute approximate surface area is 152 Å².